The van der Waals surface area contributed by atoms with Crippen molar-refractivity contribution in [1.82, 2.24) is 8.87 Å². The van der Waals surface area contributed by atoms with Crippen molar-refractivity contribution in [2.75, 3.05) is 13.1 Å². The van der Waals surface area contributed by atoms with E-state index in [1.165, 1.54) is 9.54 Å². The summed E-state index contributed by atoms with van der Waals surface area (Å²) < 4.78 is 28.7. The van der Waals surface area contributed by atoms with Gasteiger partial charge in [0, 0.05) is 25.0 Å². The molecule has 156 valence electrons. The van der Waals surface area contributed by atoms with Gasteiger partial charge >= 0.3 is 0 Å². The lowest BCUT2D eigenvalue weighted by molar-refractivity contribution is 0.294. The standard InChI is InChI=1S/C26H24N2O2S/c29-31(30,24-12-5-2-6-13-24)28-25-14-8-7-11-23(25)19-26(28)22-15-17-27(18-16-22)20-21-9-3-1-4-10-21/h1-15,19H,16-18,20H2. The molecule has 0 bridgehead atoms. The Kier molecular flexibility index (Phi) is 5.22. The molecule has 0 amide bonds. The topological polar surface area (TPSA) is 42.3 Å². The summed E-state index contributed by atoms with van der Waals surface area (Å²) in [6.45, 7) is 2.60. The van der Waals surface area contributed by atoms with Crippen molar-refractivity contribution in [3.05, 3.63) is 108 Å². The summed E-state index contributed by atoms with van der Waals surface area (Å²) in [5, 5.41) is 0.935. The number of aromatic nitrogens is 1. The molecule has 1 aliphatic rings. The van der Waals surface area contributed by atoms with E-state index in [9.17, 15) is 8.42 Å². The Labute approximate surface area is 183 Å². The van der Waals surface area contributed by atoms with Crippen LogP contribution in [-0.2, 0) is 16.6 Å². The van der Waals surface area contributed by atoms with Gasteiger partial charge in [0.05, 0.1) is 16.1 Å². The molecule has 0 saturated heterocycles. The molecule has 4 nitrogen and oxygen atoms in total. The van der Waals surface area contributed by atoms with Gasteiger partial charge in [-0.15, -0.1) is 0 Å². The Morgan fingerprint density at radius 2 is 1.48 bits per heavy atom. The summed E-state index contributed by atoms with van der Waals surface area (Å²) in [6.07, 6.45) is 2.99. The average Bonchev–Trinajstić information content (AvgIpc) is 3.21. The fourth-order valence-corrected chi connectivity index (χ4v) is 5.81. The zero-order chi connectivity index (χ0) is 21.3. The van der Waals surface area contributed by atoms with Crippen LogP contribution in [0.4, 0.5) is 0 Å². The van der Waals surface area contributed by atoms with E-state index in [1.807, 2.05) is 42.5 Å². The van der Waals surface area contributed by atoms with Crippen molar-refractivity contribution < 1.29 is 8.42 Å². The van der Waals surface area contributed by atoms with Crippen molar-refractivity contribution in [3.8, 4) is 0 Å². The highest BCUT2D eigenvalue weighted by molar-refractivity contribution is 7.90. The number of rotatable bonds is 5. The van der Waals surface area contributed by atoms with Crippen molar-refractivity contribution in [2.45, 2.75) is 17.9 Å². The van der Waals surface area contributed by atoms with Crippen molar-refractivity contribution >= 4 is 26.5 Å². The van der Waals surface area contributed by atoms with Gasteiger partial charge in [0.25, 0.3) is 10.0 Å². The highest BCUT2D eigenvalue weighted by atomic mass is 32.2. The molecule has 1 aliphatic heterocycles. The lowest BCUT2D eigenvalue weighted by Gasteiger charge is -2.27. The highest BCUT2D eigenvalue weighted by Gasteiger charge is 2.25. The van der Waals surface area contributed by atoms with Crippen molar-refractivity contribution in [3.63, 3.8) is 0 Å². The molecule has 2 heterocycles. The Bertz CT molecular complexity index is 1340. The van der Waals surface area contributed by atoms with E-state index < -0.39 is 10.0 Å². The summed E-state index contributed by atoms with van der Waals surface area (Å²) in [4.78, 5) is 2.69. The molecule has 4 aromatic rings. The highest BCUT2D eigenvalue weighted by Crippen LogP contribution is 2.32. The van der Waals surface area contributed by atoms with E-state index in [4.69, 9.17) is 0 Å². The predicted molar refractivity (Wildman–Crippen MR) is 125 cm³/mol. The molecule has 0 aliphatic carbocycles. The van der Waals surface area contributed by atoms with Crippen LogP contribution in [-0.4, -0.2) is 30.4 Å². The minimum atomic E-state index is -3.70. The monoisotopic (exact) mass is 428 g/mol. The number of nitrogens with zero attached hydrogens (tertiary/aromatic N) is 2. The Morgan fingerprint density at radius 1 is 0.806 bits per heavy atom. The van der Waals surface area contributed by atoms with Crippen LogP contribution in [0.25, 0.3) is 16.5 Å². The second-order valence-electron chi connectivity index (χ2n) is 7.87. The van der Waals surface area contributed by atoms with Crippen LogP contribution >= 0.6 is 0 Å². The maximum Gasteiger partial charge on any atom is 0.268 e. The summed E-state index contributed by atoms with van der Waals surface area (Å²) in [5.41, 5.74) is 3.86. The van der Waals surface area contributed by atoms with Gasteiger partial charge in [0.2, 0.25) is 0 Å². The second kappa shape index (κ2) is 8.17. The van der Waals surface area contributed by atoms with Gasteiger partial charge in [-0.25, -0.2) is 12.4 Å². The van der Waals surface area contributed by atoms with E-state index in [0.717, 1.165) is 42.7 Å². The van der Waals surface area contributed by atoms with Crippen LogP contribution in [0.3, 0.4) is 0 Å². The predicted octanol–water partition coefficient (Wildman–Crippen LogP) is 5.17. The van der Waals surface area contributed by atoms with Gasteiger partial charge in [-0.05, 0) is 41.8 Å². The van der Waals surface area contributed by atoms with Crippen LogP contribution in [0, 0.1) is 0 Å². The van der Waals surface area contributed by atoms with Gasteiger partial charge in [0.15, 0.2) is 0 Å². The first-order chi connectivity index (χ1) is 15.1. The summed E-state index contributed by atoms with van der Waals surface area (Å²) in [6, 6.07) is 28.8. The van der Waals surface area contributed by atoms with Crippen LogP contribution in [0.5, 0.6) is 0 Å². The number of hydrogen-bond donors (Lipinski definition) is 0. The lowest BCUT2D eigenvalue weighted by Crippen LogP contribution is -2.28. The molecule has 1 aromatic heterocycles. The van der Waals surface area contributed by atoms with Crippen LogP contribution in [0.2, 0.25) is 0 Å². The number of para-hydroxylation sites is 1. The molecule has 5 rings (SSSR count). The maximum absolute atomic E-state index is 13.6. The molecular weight excluding hydrogens is 404 g/mol. The molecule has 0 fully saturated rings. The third kappa shape index (κ3) is 3.82. The molecule has 5 heteroatoms. The molecule has 0 radical (unpaired) electrons. The average molecular weight is 429 g/mol. The number of hydrogen-bond acceptors (Lipinski definition) is 3. The van der Waals surface area contributed by atoms with Crippen LogP contribution in [0.1, 0.15) is 17.7 Å². The van der Waals surface area contributed by atoms with Crippen molar-refractivity contribution in [2.24, 2.45) is 0 Å². The molecule has 0 spiro atoms. The Morgan fingerprint density at radius 3 is 2.19 bits per heavy atom. The second-order valence-corrected chi connectivity index (χ2v) is 9.66. The Hall–Kier alpha value is -3.15. The third-order valence-electron chi connectivity index (χ3n) is 5.82. The Balaban J connectivity index is 1.53. The first-order valence-electron chi connectivity index (χ1n) is 10.5. The third-order valence-corrected chi connectivity index (χ3v) is 7.56. The molecule has 0 N–H and O–H groups in total. The van der Waals surface area contributed by atoms with Gasteiger partial charge in [-0.2, -0.15) is 0 Å². The summed E-state index contributed by atoms with van der Waals surface area (Å²) >= 11 is 0. The van der Waals surface area contributed by atoms with E-state index in [1.54, 1.807) is 24.3 Å². The summed E-state index contributed by atoms with van der Waals surface area (Å²) in [7, 11) is -3.70. The first kappa shape index (κ1) is 19.8. The molecule has 31 heavy (non-hydrogen) atoms. The first-order valence-corrected chi connectivity index (χ1v) is 11.9. The minimum absolute atomic E-state index is 0.305. The minimum Gasteiger partial charge on any atom is -0.295 e. The normalized spacial score (nSPS) is 15.2. The molecular formula is C26H24N2O2S. The fraction of sp³-hybridized carbons (Fsp3) is 0.154. The van der Waals surface area contributed by atoms with E-state index in [0.29, 0.717) is 10.4 Å². The van der Waals surface area contributed by atoms with E-state index in [2.05, 4.69) is 35.2 Å². The van der Waals surface area contributed by atoms with Gasteiger partial charge in [0.1, 0.15) is 0 Å². The quantitative estimate of drug-likeness (QED) is 0.441. The zero-order valence-corrected chi connectivity index (χ0v) is 18.0. The lowest BCUT2D eigenvalue weighted by atomic mass is 10.0. The van der Waals surface area contributed by atoms with Crippen molar-refractivity contribution in [1.29, 1.82) is 0 Å². The van der Waals surface area contributed by atoms with Crippen LogP contribution in [0.15, 0.2) is 102 Å². The largest absolute Gasteiger partial charge is 0.295 e. The van der Waals surface area contributed by atoms with Crippen LogP contribution < -0.4 is 0 Å². The number of fused-ring (bicyclic) bond motifs is 1. The fourth-order valence-electron chi connectivity index (χ4n) is 4.24. The van der Waals surface area contributed by atoms with Gasteiger partial charge in [-0.1, -0.05) is 72.8 Å². The SMILES string of the molecule is O=S(=O)(c1ccccc1)n1c(C2=CCN(Cc3ccccc3)CC2)cc2ccccc21. The number of benzene rings is 3. The smallest absolute Gasteiger partial charge is 0.268 e. The van der Waals surface area contributed by atoms with Gasteiger partial charge in [-0.3, -0.25) is 4.90 Å². The zero-order valence-electron chi connectivity index (χ0n) is 17.2. The van der Waals surface area contributed by atoms with Gasteiger partial charge < -0.3 is 0 Å². The molecule has 3 aromatic carbocycles. The molecule has 0 atom stereocenters. The van der Waals surface area contributed by atoms with E-state index in [-0.39, 0.29) is 0 Å². The molecule has 0 saturated carbocycles. The maximum atomic E-state index is 13.6. The molecule has 0 unspecified atom stereocenters. The summed E-state index contributed by atoms with van der Waals surface area (Å²) in [5.74, 6) is 0. The van der Waals surface area contributed by atoms with E-state index >= 15 is 0 Å².